The Labute approximate surface area is 174 Å². The van der Waals surface area contributed by atoms with Crippen LogP contribution in [0.1, 0.15) is 38.2 Å². The number of methoxy groups -OCH3 is 1. The highest BCUT2D eigenvalue weighted by atomic mass is 16.5. The lowest BCUT2D eigenvalue weighted by Crippen LogP contribution is -2.50. The maximum Gasteiger partial charge on any atom is 0.246 e. The molecule has 1 atom stereocenters. The van der Waals surface area contributed by atoms with E-state index in [1.165, 1.54) is 6.42 Å². The topological polar surface area (TPSA) is 51.2 Å². The number of unbranched alkanes of at least 4 members (excludes halogenated alkanes) is 1. The van der Waals surface area contributed by atoms with E-state index in [1.807, 2.05) is 29.2 Å². The molecule has 0 aromatic heterocycles. The van der Waals surface area contributed by atoms with Crippen LogP contribution in [0, 0.1) is 0 Å². The lowest BCUT2D eigenvalue weighted by molar-refractivity contribution is -0.127. The number of carbonyl (C=O) groups is 1. The van der Waals surface area contributed by atoms with Crippen molar-refractivity contribution < 1.29 is 19.0 Å². The van der Waals surface area contributed by atoms with Gasteiger partial charge >= 0.3 is 0 Å². The Balaban J connectivity index is 1.48. The smallest absolute Gasteiger partial charge is 0.246 e. The number of amides is 1. The van der Waals surface area contributed by atoms with Crippen molar-refractivity contribution in [3.63, 3.8) is 0 Å². The van der Waals surface area contributed by atoms with E-state index in [2.05, 4.69) is 11.8 Å². The van der Waals surface area contributed by atoms with Crippen molar-refractivity contribution in [2.75, 3.05) is 53.0 Å². The number of rotatable bonds is 9. The van der Waals surface area contributed by atoms with Crippen molar-refractivity contribution in [2.45, 2.75) is 38.7 Å². The molecule has 2 fully saturated rings. The van der Waals surface area contributed by atoms with Gasteiger partial charge in [-0.3, -0.25) is 9.69 Å². The van der Waals surface area contributed by atoms with Crippen LogP contribution in [0.5, 0.6) is 11.5 Å². The zero-order valence-electron chi connectivity index (χ0n) is 17.8. The predicted octanol–water partition coefficient (Wildman–Crippen LogP) is 3.21. The Hall–Kier alpha value is -2.05. The summed E-state index contributed by atoms with van der Waals surface area (Å²) in [4.78, 5) is 16.9. The lowest BCUT2D eigenvalue weighted by Gasteiger charge is -2.35. The fourth-order valence-corrected chi connectivity index (χ4v) is 3.73. The van der Waals surface area contributed by atoms with Crippen LogP contribution in [0.2, 0.25) is 0 Å². The Morgan fingerprint density at radius 2 is 2.07 bits per heavy atom. The van der Waals surface area contributed by atoms with Gasteiger partial charge < -0.3 is 19.1 Å². The molecule has 2 saturated heterocycles. The summed E-state index contributed by atoms with van der Waals surface area (Å²) in [6, 6.07) is 5.76. The predicted molar refractivity (Wildman–Crippen MR) is 114 cm³/mol. The molecule has 3 rings (SSSR count). The molecule has 2 aliphatic heterocycles. The summed E-state index contributed by atoms with van der Waals surface area (Å²) < 4.78 is 16.9. The molecule has 2 heterocycles. The zero-order valence-corrected chi connectivity index (χ0v) is 17.8. The average molecular weight is 403 g/mol. The van der Waals surface area contributed by atoms with Gasteiger partial charge in [0.2, 0.25) is 5.91 Å². The Morgan fingerprint density at radius 3 is 2.76 bits per heavy atom. The molecule has 2 aliphatic rings. The molecule has 0 spiro atoms. The van der Waals surface area contributed by atoms with Crippen LogP contribution >= 0.6 is 0 Å². The number of carbonyl (C=O) groups excluding carboxylic acids is 1. The van der Waals surface area contributed by atoms with Crippen molar-refractivity contribution in [1.82, 2.24) is 9.80 Å². The highest BCUT2D eigenvalue weighted by Gasteiger charge is 2.24. The standard InChI is InChI=1S/C23H34N2O4/c1-3-4-15-29-21-9-7-19(17-22(21)27-2)8-10-23(26)25-13-11-24(12-14-25)18-20-6-5-16-28-20/h7-10,17,20H,3-6,11-16,18H2,1-2H3/b10-8+. The Kier molecular flexibility index (Phi) is 8.38. The molecule has 1 amide bonds. The SMILES string of the molecule is CCCCOc1ccc(/C=C/C(=O)N2CCN(CC3CCCO3)CC2)cc1OC. The van der Waals surface area contributed by atoms with E-state index >= 15 is 0 Å². The van der Waals surface area contributed by atoms with E-state index in [9.17, 15) is 4.79 Å². The highest BCUT2D eigenvalue weighted by Crippen LogP contribution is 2.28. The van der Waals surface area contributed by atoms with Crippen LogP contribution in [0.3, 0.4) is 0 Å². The van der Waals surface area contributed by atoms with E-state index < -0.39 is 0 Å². The molecule has 0 radical (unpaired) electrons. The van der Waals surface area contributed by atoms with Gasteiger partial charge in [0.25, 0.3) is 0 Å². The van der Waals surface area contributed by atoms with Crippen molar-refractivity contribution in [3.05, 3.63) is 29.8 Å². The molecule has 0 N–H and O–H groups in total. The second-order valence-corrected chi connectivity index (χ2v) is 7.71. The fraction of sp³-hybridized carbons (Fsp3) is 0.609. The minimum Gasteiger partial charge on any atom is -0.493 e. The summed E-state index contributed by atoms with van der Waals surface area (Å²) in [5, 5.41) is 0. The molecule has 160 valence electrons. The third-order valence-corrected chi connectivity index (χ3v) is 5.53. The van der Waals surface area contributed by atoms with Crippen LogP contribution in [-0.4, -0.2) is 74.9 Å². The summed E-state index contributed by atoms with van der Waals surface area (Å²) in [6.07, 6.45) is 8.31. The summed E-state index contributed by atoms with van der Waals surface area (Å²) in [5.41, 5.74) is 0.926. The molecule has 1 aromatic rings. The number of piperazine rings is 1. The lowest BCUT2D eigenvalue weighted by atomic mass is 10.1. The van der Waals surface area contributed by atoms with E-state index in [4.69, 9.17) is 14.2 Å². The monoisotopic (exact) mass is 402 g/mol. The first-order valence-electron chi connectivity index (χ1n) is 10.8. The summed E-state index contributed by atoms with van der Waals surface area (Å²) in [7, 11) is 1.64. The van der Waals surface area contributed by atoms with Crippen LogP contribution in [0.25, 0.3) is 6.08 Å². The third-order valence-electron chi connectivity index (χ3n) is 5.53. The van der Waals surface area contributed by atoms with Gasteiger partial charge in [-0.1, -0.05) is 19.4 Å². The minimum absolute atomic E-state index is 0.0593. The van der Waals surface area contributed by atoms with Gasteiger partial charge in [-0.15, -0.1) is 0 Å². The van der Waals surface area contributed by atoms with Crippen LogP contribution < -0.4 is 9.47 Å². The van der Waals surface area contributed by atoms with Crippen molar-refractivity contribution in [1.29, 1.82) is 0 Å². The van der Waals surface area contributed by atoms with Crippen molar-refractivity contribution in [3.8, 4) is 11.5 Å². The quantitative estimate of drug-likeness (QED) is 0.469. The molecule has 0 bridgehead atoms. The van der Waals surface area contributed by atoms with Gasteiger partial charge in [0.05, 0.1) is 19.8 Å². The number of hydrogen-bond acceptors (Lipinski definition) is 5. The molecular formula is C23H34N2O4. The van der Waals surface area contributed by atoms with E-state index in [-0.39, 0.29) is 5.91 Å². The first-order valence-corrected chi connectivity index (χ1v) is 10.8. The molecule has 29 heavy (non-hydrogen) atoms. The molecule has 0 aliphatic carbocycles. The van der Waals surface area contributed by atoms with E-state index in [0.717, 1.165) is 69.9 Å². The van der Waals surface area contributed by atoms with Crippen molar-refractivity contribution in [2.24, 2.45) is 0 Å². The third kappa shape index (κ3) is 6.47. The normalized spacial score (nSPS) is 20.3. The maximum atomic E-state index is 12.6. The number of ether oxygens (including phenoxy) is 3. The number of hydrogen-bond donors (Lipinski definition) is 0. The fourth-order valence-electron chi connectivity index (χ4n) is 3.73. The summed E-state index contributed by atoms with van der Waals surface area (Å²) >= 11 is 0. The van der Waals surface area contributed by atoms with E-state index in [0.29, 0.717) is 18.5 Å². The first kappa shape index (κ1) is 21.7. The van der Waals surface area contributed by atoms with Crippen LogP contribution in [0.4, 0.5) is 0 Å². The van der Waals surface area contributed by atoms with Crippen LogP contribution in [-0.2, 0) is 9.53 Å². The number of benzene rings is 1. The van der Waals surface area contributed by atoms with Gasteiger partial charge in [0.15, 0.2) is 11.5 Å². The molecule has 1 aromatic carbocycles. The zero-order chi connectivity index (χ0) is 20.5. The second kappa shape index (κ2) is 11.2. The molecule has 1 unspecified atom stereocenters. The number of nitrogens with zero attached hydrogens (tertiary/aromatic N) is 2. The van der Waals surface area contributed by atoms with Crippen molar-refractivity contribution >= 4 is 12.0 Å². The van der Waals surface area contributed by atoms with E-state index in [1.54, 1.807) is 13.2 Å². The largest absolute Gasteiger partial charge is 0.493 e. The Morgan fingerprint density at radius 1 is 1.24 bits per heavy atom. The Bertz CT molecular complexity index is 677. The van der Waals surface area contributed by atoms with Gasteiger partial charge in [-0.2, -0.15) is 0 Å². The van der Waals surface area contributed by atoms with Gasteiger partial charge in [-0.05, 0) is 43.0 Å². The average Bonchev–Trinajstić information content (AvgIpc) is 3.26. The molecular weight excluding hydrogens is 368 g/mol. The van der Waals surface area contributed by atoms with Gasteiger partial charge in [0.1, 0.15) is 0 Å². The molecule has 6 heteroatoms. The summed E-state index contributed by atoms with van der Waals surface area (Å²) in [6.45, 7) is 8.06. The second-order valence-electron chi connectivity index (χ2n) is 7.71. The molecule has 6 nitrogen and oxygen atoms in total. The minimum atomic E-state index is 0.0593. The van der Waals surface area contributed by atoms with Gasteiger partial charge in [0, 0.05) is 45.4 Å². The van der Waals surface area contributed by atoms with Gasteiger partial charge in [-0.25, -0.2) is 0 Å². The molecule has 0 saturated carbocycles. The van der Waals surface area contributed by atoms with Crippen LogP contribution in [0.15, 0.2) is 24.3 Å². The highest BCUT2D eigenvalue weighted by molar-refractivity contribution is 5.92. The summed E-state index contributed by atoms with van der Waals surface area (Å²) in [5.74, 6) is 1.49. The maximum absolute atomic E-state index is 12.6. The first-order chi connectivity index (χ1) is 14.2.